The number of hydrogen-bond acceptors (Lipinski definition) is 3. The van der Waals surface area contributed by atoms with Gasteiger partial charge in [0.15, 0.2) is 0 Å². The molecule has 1 atom stereocenters. The number of benzene rings is 1. The molecule has 4 nitrogen and oxygen atoms in total. The third kappa shape index (κ3) is 3.24. The zero-order valence-electron chi connectivity index (χ0n) is 9.68. The maximum atomic E-state index is 11.7. The van der Waals surface area contributed by atoms with Crippen LogP contribution in [0.25, 0.3) is 0 Å². The van der Waals surface area contributed by atoms with Gasteiger partial charge in [0, 0.05) is 13.6 Å². The Morgan fingerprint density at radius 1 is 1.56 bits per heavy atom. The van der Waals surface area contributed by atoms with Crippen molar-refractivity contribution < 1.29 is 9.90 Å². The van der Waals surface area contributed by atoms with E-state index in [0.29, 0.717) is 13.0 Å². The molecule has 1 aromatic carbocycles. The van der Waals surface area contributed by atoms with Crippen LogP contribution in [-0.4, -0.2) is 29.0 Å². The molecule has 1 amide bonds. The molecule has 4 heteroatoms. The molecule has 1 rings (SSSR count). The highest BCUT2D eigenvalue weighted by Crippen LogP contribution is 2.12. The highest BCUT2D eigenvalue weighted by atomic mass is 16.3. The van der Waals surface area contributed by atoms with E-state index in [9.17, 15) is 9.90 Å². The molecule has 0 fully saturated rings. The van der Waals surface area contributed by atoms with E-state index in [1.807, 2.05) is 13.0 Å². The van der Waals surface area contributed by atoms with Crippen LogP contribution in [0.5, 0.6) is 5.75 Å². The highest BCUT2D eigenvalue weighted by Gasteiger charge is 2.15. The summed E-state index contributed by atoms with van der Waals surface area (Å²) in [5, 5.41) is 9.29. The summed E-state index contributed by atoms with van der Waals surface area (Å²) < 4.78 is 0. The summed E-state index contributed by atoms with van der Waals surface area (Å²) in [5.41, 5.74) is 6.55. The smallest absolute Gasteiger partial charge is 0.239 e. The van der Waals surface area contributed by atoms with Gasteiger partial charge < -0.3 is 15.7 Å². The summed E-state index contributed by atoms with van der Waals surface area (Å²) in [4.78, 5) is 13.3. The number of amides is 1. The first kappa shape index (κ1) is 12.5. The van der Waals surface area contributed by atoms with Gasteiger partial charge in [-0.3, -0.25) is 4.79 Å². The Bertz CT molecular complexity index is 366. The second-order valence-corrected chi connectivity index (χ2v) is 3.88. The number of carbonyl (C=O) groups is 1. The molecule has 0 aliphatic heterocycles. The molecule has 0 aliphatic rings. The number of aromatic hydroxyl groups is 1. The second-order valence-electron chi connectivity index (χ2n) is 3.88. The Labute approximate surface area is 95.7 Å². The highest BCUT2D eigenvalue weighted by molar-refractivity contribution is 5.81. The van der Waals surface area contributed by atoms with Crippen molar-refractivity contribution in [2.45, 2.75) is 25.9 Å². The van der Waals surface area contributed by atoms with Crippen molar-refractivity contribution in [1.82, 2.24) is 4.90 Å². The van der Waals surface area contributed by atoms with Crippen LogP contribution in [0.3, 0.4) is 0 Å². The zero-order chi connectivity index (χ0) is 12.1. The van der Waals surface area contributed by atoms with E-state index in [2.05, 4.69) is 0 Å². The van der Waals surface area contributed by atoms with Crippen molar-refractivity contribution in [3.63, 3.8) is 0 Å². The average molecular weight is 222 g/mol. The first-order valence-corrected chi connectivity index (χ1v) is 5.33. The molecule has 0 saturated heterocycles. The normalized spacial score (nSPS) is 12.2. The van der Waals surface area contributed by atoms with Gasteiger partial charge in [-0.25, -0.2) is 0 Å². The molecule has 3 N–H and O–H groups in total. The molecular weight excluding hydrogens is 204 g/mol. The fourth-order valence-corrected chi connectivity index (χ4v) is 1.46. The van der Waals surface area contributed by atoms with Gasteiger partial charge in [0.25, 0.3) is 0 Å². The van der Waals surface area contributed by atoms with Gasteiger partial charge >= 0.3 is 0 Å². The van der Waals surface area contributed by atoms with Gasteiger partial charge in [-0.15, -0.1) is 0 Å². The molecule has 1 aromatic rings. The quantitative estimate of drug-likeness (QED) is 0.801. The summed E-state index contributed by atoms with van der Waals surface area (Å²) in [5.74, 6) is 0.129. The van der Waals surface area contributed by atoms with E-state index in [0.717, 1.165) is 5.56 Å². The Balaban J connectivity index is 2.64. The van der Waals surface area contributed by atoms with Crippen molar-refractivity contribution in [1.29, 1.82) is 0 Å². The van der Waals surface area contributed by atoms with Crippen molar-refractivity contribution in [3.05, 3.63) is 29.8 Å². The Kier molecular flexibility index (Phi) is 4.31. The van der Waals surface area contributed by atoms with Crippen LogP contribution in [-0.2, 0) is 11.3 Å². The maximum Gasteiger partial charge on any atom is 0.239 e. The second kappa shape index (κ2) is 5.51. The van der Waals surface area contributed by atoms with Crippen LogP contribution >= 0.6 is 0 Å². The third-order valence-corrected chi connectivity index (χ3v) is 2.46. The lowest BCUT2D eigenvalue weighted by Gasteiger charge is -2.20. The van der Waals surface area contributed by atoms with Crippen molar-refractivity contribution in [2.24, 2.45) is 5.73 Å². The first-order valence-electron chi connectivity index (χ1n) is 5.33. The van der Waals surface area contributed by atoms with E-state index >= 15 is 0 Å². The van der Waals surface area contributed by atoms with Crippen LogP contribution in [0.4, 0.5) is 0 Å². The lowest BCUT2D eigenvalue weighted by atomic mass is 10.1. The summed E-state index contributed by atoms with van der Waals surface area (Å²) in [6.07, 6.45) is 0.628. The predicted octanol–water partition coefficient (Wildman–Crippen LogP) is 1.09. The summed E-state index contributed by atoms with van der Waals surface area (Å²) in [7, 11) is 1.71. The van der Waals surface area contributed by atoms with E-state index in [4.69, 9.17) is 5.73 Å². The van der Waals surface area contributed by atoms with Crippen molar-refractivity contribution in [2.75, 3.05) is 7.05 Å². The van der Waals surface area contributed by atoms with Crippen LogP contribution in [0.1, 0.15) is 18.9 Å². The minimum atomic E-state index is -0.442. The number of likely N-dealkylation sites (N-methyl/N-ethyl adjacent to an activating group) is 1. The fourth-order valence-electron chi connectivity index (χ4n) is 1.46. The molecule has 0 radical (unpaired) electrons. The minimum absolute atomic E-state index is 0.0779. The number of nitrogens with two attached hydrogens (primary N) is 1. The largest absolute Gasteiger partial charge is 0.508 e. The minimum Gasteiger partial charge on any atom is -0.508 e. The molecule has 16 heavy (non-hydrogen) atoms. The Hall–Kier alpha value is -1.55. The number of carbonyl (C=O) groups excluding carboxylic acids is 1. The van der Waals surface area contributed by atoms with Crippen LogP contribution in [0.15, 0.2) is 24.3 Å². The van der Waals surface area contributed by atoms with Gasteiger partial charge in [0.2, 0.25) is 5.91 Å². The third-order valence-electron chi connectivity index (χ3n) is 2.46. The molecule has 0 aromatic heterocycles. The average Bonchev–Trinajstić information content (AvgIpc) is 2.27. The maximum absolute atomic E-state index is 11.7. The van der Waals surface area contributed by atoms with Crippen LogP contribution < -0.4 is 5.73 Å². The Morgan fingerprint density at radius 2 is 2.25 bits per heavy atom. The molecule has 0 heterocycles. The van der Waals surface area contributed by atoms with Crippen molar-refractivity contribution >= 4 is 5.91 Å². The summed E-state index contributed by atoms with van der Waals surface area (Å²) >= 11 is 0. The van der Waals surface area contributed by atoms with E-state index in [1.165, 1.54) is 0 Å². The summed E-state index contributed by atoms with van der Waals surface area (Å²) in [6.45, 7) is 2.34. The van der Waals surface area contributed by atoms with Gasteiger partial charge in [-0.05, 0) is 24.1 Å². The lowest BCUT2D eigenvalue weighted by molar-refractivity contribution is -0.131. The Morgan fingerprint density at radius 3 is 2.81 bits per heavy atom. The summed E-state index contributed by atoms with van der Waals surface area (Å²) in [6, 6.07) is 6.41. The SMILES string of the molecule is CC[C@@H](N)C(=O)N(C)Cc1cccc(O)c1. The first-order chi connectivity index (χ1) is 7.54. The van der Waals surface area contributed by atoms with Gasteiger partial charge in [-0.1, -0.05) is 19.1 Å². The zero-order valence-corrected chi connectivity index (χ0v) is 9.68. The fraction of sp³-hybridized carbons (Fsp3) is 0.417. The number of phenols is 1. The van der Waals surface area contributed by atoms with Gasteiger partial charge in [0.05, 0.1) is 6.04 Å². The topological polar surface area (TPSA) is 66.6 Å². The predicted molar refractivity (Wildman–Crippen MR) is 62.8 cm³/mol. The molecule has 0 bridgehead atoms. The molecule has 0 spiro atoms. The molecule has 88 valence electrons. The lowest BCUT2D eigenvalue weighted by Crippen LogP contribution is -2.40. The molecule has 0 saturated carbocycles. The van der Waals surface area contributed by atoms with Crippen LogP contribution in [0, 0.1) is 0 Å². The number of phenolic OH excluding ortho intramolecular Hbond substituents is 1. The van der Waals surface area contributed by atoms with Crippen molar-refractivity contribution in [3.8, 4) is 5.75 Å². The van der Waals surface area contributed by atoms with Gasteiger partial charge in [-0.2, -0.15) is 0 Å². The van der Waals surface area contributed by atoms with E-state index in [1.54, 1.807) is 30.1 Å². The standard InChI is InChI=1S/C12H18N2O2/c1-3-11(13)12(16)14(2)8-9-5-4-6-10(15)7-9/h4-7,11,15H,3,8,13H2,1-2H3/t11-/m1/s1. The molecular formula is C12H18N2O2. The monoisotopic (exact) mass is 222 g/mol. The number of rotatable bonds is 4. The molecule has 0 aliphatic carbocycles. The molecule has 0 unspecified atom stereocenters. The number of hydrogen-bond donors (Lipinski definition) is 2. The van der Waals surface area contributed by atoms with E-state index < -0.39 is 6.04 Å². The number of nitrogens with zero attached hydrogens (tertiary/aromatic N) is 1. The van der Waals surface area contributed by atoms with E-state index in [-0.39, 0.29) is 11.7 Å². The van der Waals surface area contributed by atoms with Gasteiger partial charge in [0.1, 0.15) is 5.75 Å². The van der Waals surface area contributed by atoms with Crippen LogP contribution in [0.2, 0.25) is 0 Å².